The second kappa shape index (κ2) is 11.7. The third kappa shape index (κ3) is 9.46. The van der Waals surface area contributed by atoms with Crippen LogP contribution in [0.5, 0.6) is 0 Å². The molecular weight excluding hydrogens is 289 g/mol. The molecule has 3 N–H and O–H groups in total. The molecule has 19 heavy (non-hydrogen) atoms. The van der Waals surface area contributed by atoms with Crippen molar-refractivity contribution >= 4 is 30.7 Å². The molecule has 7 heteroatoms. The van der Waals surface area contributed by atoms with E-state index in [0.29, 0.717) is 25.2 Å². The van der Waals surface area contributed by atoms with Crippen LogP contribution in [0.15, 0.2) is 0 Å². The first-order valence-corrected chi connectivity index (χ1v) is 6.46. The Morgan fingerprint density at radius 1 is 1.32 bits per heavy atom. The van der Waals surface area contributed by atoms with Gasteiger partial charge in [0.2, 0.25) is 5.91 Å². The highest BCUT2D eigenvalue weighted by atomic mass is 35.5. The van der Waals surface area contributed by atoms with Gasteiger partial charge >= 0.3 is 0 Å². The van der Waals surface area contributed by atoms with Gasteiger partial charge in [-0.25, -0.2) is 0 Å². The lowest BCUT2D eigenvalue weighted by molar-refractivity contribution is -0.120. The average Bonchev–Trinajstić information content (AvgIpc) is 2.23. The number of halogens is 2. The number of ether oxygens (including phenoxy) is 1. The van der Waals surface area contributed by atoms with Crippen LogP contribution >= 0.6 is 24.8 Å². The summed E-state index contributed by atoms with van der Waals surface area (Å²) in [4.78, 5) is 13.6. The third-order valence-corrected chi connectivity index (χ3v) is 2.84. The monoisotopic (exact) mass is 315 g/mol. The van der Waals surface area contributed by atoms with E-state index in [0.717, 1.165) is 32.6 Å². The molecule has 1 amide bonds. The Morgan fingerprint density at radius 2 is 1.89 bits per heavy atom. The molecule has 0 aromatic heterocycles. The maximum absolute atomic E-state index is 11.2. The smallest absolute Gasteiger partial charge is 0.221 e. The molecule has 0 saturated carbocycles. The molecule has 0 aromatic rings. The van der Waals surface area contributed by atoms with Gasteiger partial charge in [0.15, 0.2) is 0 Å². The number of carbonyl (C=O) groups is 1. The van der Waals surface area contributed by atoms with Gasteiger partial charge < -0.3 is 15.8 Å². The summed E-state index contributed by atoms with van der Waals surface area (Å²) in [5.74, 6) is 0.0520. The summed E-state index contributed by atoms with van der Waals surface area (Å²) in [5, 5.41) is 2.87. The van der Waals surface area contributed by atoms with Crippen molar-refractivity contribution in [1.82, 2.24) is 10.2 Å². The van der Waals surface area contributed by atoms with Crippen LogP contribution in [0.1, 0.15) is 26.7 Å². The molecule has 5 nitrogen and oxygen atoms in total. The largest absolute Gasteiger partial charge is 0.373 e. The van der Waals surface area contributed by atoms with E-state index in [1.54, 1.807) is 0 Å². The van der Waals surface area contributed by atoms with Crippen molar-refractivity contribution in [3.8, 4) is 0 Å². The zero-order valence-corrected chi connectivity index (χ0v) is 13.4. The standard InChI is InChI=1S/C12H25N3O2.2ClH/c1-10-8-15(9-11(2)17-10)7-3-6-14-12(16)4-5-13;;/h10-11H,3-9,13H2,1-2H3,(H,14,16);2*1H. The van der Waals surface area contributed by atoms with Crippen LogP contribution in [-0.2, 0) is 9.53 Å². The van der Waals surface area contributed by atoms with E-state index in [-0.39, 0.29) is 30.7 Å². The third-order valence-electron chi connectivity index (χ3n) is 2.84. The van der Waals surface area contributed by atoms with Gasteiger partial charge in [-0.2, -0.15) is 0 Å². The molecule has 0 aromatic carbocycles. The van der Waals surface area contributed by atoms with E-state index in [4.69, 9.17) is 10.5 Å². The Bertz CT molecular complexity index is 235. The van der Waals surface area contributed by atoms with Crippen molar-refractivity contribution in [2.45, 2.75) is 38.9 Å². The van der Waals surface area contributed by atoms with Gasteiger partial charge in [0.05, 0.1) is 12.2 Å². The fraction of sp³-hybridized carbons (Fsp3) is 0.917. The topological polar surface area (TPSA) is 67.6 Å². The zero-order valence-electron chi connectivity index (χ0n) is 11.8. The fourth-order valence-corrected chi connectivity index (χ4v) is 2.22. The number of hydrogen-bond donors (Lipinski definition) is 2. The Hall–Kier alpha value is -0.0700. The van der Waals surface area contributed by atoms with E-state index in [2.05, 4.69) is 24.1 Å². The lowest BCUT2D eigenvalue weighted by atomic mass is 10.2. The summed E-state index contributed by atoms with van der Waals surface area (Å²) in [6.45, 7) is 8.35. The summed E-state index contributed by atoms with van der Waals surface area (Å²) in [7, 11) is 0. The molecular formula is C12H27Cl2N3O2. The minimum atomic E-state index is 0. The van der Waals surface area contributed by atoms with Gasteiger partial charge in [-0.15, -0.1) is 24.8 Å². The van der Waals surface area contributed by atoms with Crippen LogP contribution < -0.4 is 11.1 Å². The molecule has 1 saturated heterocycles. The van der Waals surface area contributed by atoms with E-state index < -0.39 is 0 Å². The first-order valence-electron chi connectivity index (χ1n) is 6.46. The molecule has 1 aliphatic rings. The van der Waals surface area contributed by atoms with E-state index in [1.807, 2.05) is 0 Å². The molecule has 1 rings (SSSR count). The molecule has 1 heterocycles. The SMILES string of the molecule is CC1CN(CCCNC(=O)CCN)CC(C)O1.Cl.Cl. The second-order valence-corrected chi connectivity index (χ2v) is 4.76. The first kappa shape index (κ1) is 21.2. The Balaban J connectivity index is 0. The Labute approximate surface area is 128 Å². The van der Waals surface area contributed by atoms with Crippen molar-refractivity contribution < 1.29 is 9.53 Å². The van der Waals surface area contributed by atoms with Crippen LogP contribution in [0.3, 0.4) is 0 Å². The summed E-state index contributed by atoms with van der Waals surface area (Å²) >= 11 is 0. The van der Waals surface area contributed by atoms with Gasteiger partial charge in [-0.1, -0.05) is 0 Å². The first-order chi connectivity index (χ1) is 8.11. The lowest BCUT2D eigenvalue weighted by Crippen LogP contribution is -2.46. The molecule has 0 bridgehead atoms. The van der Waals surface area contributed by atoms with Gasteiger partial charge in [0, 0.05) is 39.1 Å². The predicted octanol–water partition coefficient (Wildman–Crippen LogP) is 0.794. The van der Waals surface area contributed by atoms with Crippen LogP contribution in [0.25, 0.3) is 0 Å². The molecule has 116 valence electrons. The van der Waals surface area contributed by atoms with E-state index in [9.17, 15) is 4.79 Å². The van der Waals surface area contributed by atoms with Crippen molar-refractivity contribution in [3.63, 3.8) is 0 Å². The maximum atomic E-state index is 11.2. The molecule has 1 fully saturated rings. The minimum Gasteiger partial charge on any atom is -0.373 e. The highest BCUT2D eigenvalue weighted by molar-refractivity contribution is 5.85. The predicted molar refractivity (Wildman–Crippen MR) is 82.2 cm³/mol. The normalized spacial score (nSPS) is 23.1. The molecule has 0 spiro atoms. The highest BCUT2D eigenvalue weighted by Crippen LogP contribution is 2.10. The summed E-state index contributed by atoms with van der Waals surface area (Å²) < 4.78 is 5.67. The lowest BCUT2D eigenvalue weighted by Gasteiger charge is -2.35. The van der Waals surface area contributed by atoms with E-state index in [1.165, 1.54) is 0 Å². The van der Waals surface area contributed by atoms with E-state index >= 15 is 0 Å². The van der Waals surface area contributed by atoms with Crippen molar-refractivity contribution in [1.29, 1.82) is 0 Å². The number of rotatable bonds is 6. The summed E-state index contributed by atoms with van der Waals surface area (Å²) in [5.41, 5.74) is 5.30. The number of hydrogen-bond acceptors (Lipinski definition) is 4. The number of nitrogens with zero attached hydrogens (tertiary/aromatic N) is 1. The van der Waals surface area contributed by atoms with Crippen LogP contribution in [-0.4, -0.2) is 55.7 Å². The van der Waals surface area contributed by atoms with Gasteiger partial charge in [0.1, 0.15) is 0 Å². The number of morpholine rings is 1. The molecule has 0 aliphatic carbocycles. The molecule has 0 radical (unpaired) electrons. The van der Waals surface area contributed by atoms with Crippen LogP contribution in [0.2, 0.25) is 0 Å². The molecule has 2 unspecified atom stereocenters. The highest BCUT2D eigenvalue weighted by Gasteiger charge is 2.21. The maximum Gasteiger partial charge on any atom is 0.221 e. The minimum absolute atomic E-state index is 0. The van der Waals surface area contributed by atoms with Gasteiger partial charge in [0.25, 0.3) is 0 Å². The number of nitrogens with one attached hydrogen (secondary N) is 1. The average molecular weight is 316 g/mol. The Kier molecular flexibility index (Phi) is 13.1. The van der Waals surface area contributed by atoms with Crippen molar-refractivity contribution in [2.24, 2.45) is 5.73 Å². The number of carbonyl (C=O) groups excluding carboxylic acids is 1. The van der Waals surface area contributed by atoms with Gasteiger partial charge in [-0.05, 0) is 20.3 Å². The van der Waals surface area contributed by atoms with Crippen LogP contribution in [0, 0.1) is 0 Å². The van der Waals surface area contributed by atoms with Crippen molar-refractivity contribution in [3.05, 3.63) is 0 Å². The Morgan fingerprint density at radius 3 is 2.42 bits per heavy atom. The zero-order chi connectivity index (χ0) is 12.7. The quantitative estimate of drug-likeness (QED) is 0.711. The van der Waals surface area contributed by atoms with Crippen LogP contribution in [0.4, 0.5) is 0 Å². The number of nitrogens with two attached hydrogens (primary N) is 1. The van der Waals surface area contributed by atoms with Gasteiger partial charge in [-0.3, -0.25) is 9.69 Å². The van der Waals surface area contributed by atoms with Crippen molar-refractivity contribution in [2.75, 3.05) is 32.7 Å². The summed E-state index contributed by atoms with van der Waals surface area (Å²) in [6, 6.07) is 0. The molecule has 2 atom stereocenters. The summed E-state index contributed by atoms with van der Waals surface area (Å²) in [6.07, 6.45) is 2.03. The number of amides is 1. The fourth-order valence-electron chi connectivity index (χ4n) is 2.22. The molecule has 1 aliphatic heterocycles. The second-order valence-electron chi connectivity index (χ2n) is 4.76.